The van der Waals surface area contributed by atoms with Crippen LogP contribution in [0.1, 0.15) is 33.6 Å². The molecule has 0 spiro atoms. The highest BCUT2D eigenvalue weighted by Gasteiger charge is 2.65. The fourth-order valence-electron chi connectivity index (χ4n) is 3.70. The van der Waals surface area contributed by atoms with Gasteiger partial charge in [0.1, 0.15) is 0 Å². The van der Waals surface area contributed by atoms with Gasteiger partial charge in [-0.15, -0.1) is 0 Å². The summed E-state index contributed by atoms with van der Waals surface area (Å²) in [5.74, 6) is -0.875. The predicted molar refractivity (Wildman–Crippen MR) is 52.0 cm³/mol. The Morgan fingerprint density at radius 1 is 1.14 bits per heavy atom. The van der Waals surface area contributed by atoms with E-state index in [0.29, 0.717) is 5.92 Å². The molecule has 0 aromatic carbocycles. The summed E-state index contributed by atoms with van der Waals surface area (Å²) in [7, 11) is 0. The summed E-state index contributed by atoms with van der Waals surface area (Å²) in [4.78, 5) is 0. The van der Waals surface area contributed by atoms with Crippen LogP contribution in [0.3, 0.4) is 0 Å². The molecule has 0 aliphatic heterocycles. The Bertz CT molecular complexity index is 246. The third-order valence-electron chi connectivity index (χ3n) is 4.58. The average Bonchev–Trinajstić information content (AvgIpc) is 2.51. The van der Waals surface area contributed by atoms with Crippen molar-refractivity contribution in [3.05, 3.63) is 0 Å². The highest BCUT2D eigenvalue weighted by Crippen LogP contribution is 2.72. The van der Waals surface area contributed by atoms with E-state index in [1.807, 2.05) is 13.8 Å². The molecule has 0 aromatic rings. The highest BCUT2D eigenvalue weighted by atomic mass is 19.4. The minimum Gasteiger partial charge on any atom is -0.449 e. The summed E-state index contributed by atoms with van der Waals surface area (Å²) < 4.78 is 38.6. The van der Waals surface area contributed by atoms with E-state index in [9.17, 15) is 12.9 Å². The van der Waals surface area contributed by atoms with E-state index in [4.69, 9.17) is 0 Å². The molecule has 0 saturated heterocycles. The van der Waals surface area contributed by atoms with E-state index in [0.717, 1.165) is 12.8 Å². The highest BCUT2D eigenvalue weighted by molar-refractivity contribution is 6.60. The van der Waals surface area contributed by atoms with Crippen LogP contribution in [-0.2, 0) is 0 Å². The summed E-state index contributed by atoms with van der Waals surface area (Å²) in [6.45, 7) is 1.12. The Labute approximate surface area is 83.3 Å². The first-order valence-corrected chi connectivity index (χ1v) is 5.46. The zero-order chi connectivity index (χ0) is 10.7. The first-order valence-electron chi connectivity index (χ1n) is 5.46. The van der Waals surface area contributed by atoms with Crippen molar-refractivity contribution in [2.75, 3.05) is 0 Å². The van der Waals surface area contributed by atoms with Crippen molar-refractivity contribution in [3.8, 4) is 0 Å². The normalized spacial score (nSPS) is 45.9. The minimum atomic E-state index is -4.64. The molecule has 0 aromatic heterocycles. The van der Waals surface area contributed by atoms with E-state index in [2.05, 4.69) is 0 Å². The lowest BCUT2D eigenvalue weighted by Gasteiger charge is -2.36. The first-order chi connectivity index (χ1) is 6.26. The summed E-state index contributed by atoms with van der Waals surface area (Å²) in [6.07, 6.45) is 1.76. The van der Waals surface area contributed by atoms with Gasteiger partial charge in [0.25, 0.3) is 0 Å². The van der Waals surface area contributed by atoms with Crippen LogP contribution in [0.15, 0.2) is 0 Å². The molecule has 82 valence electrons. The maximum Gasteiger partial charge on any atom is 0.481 e. The van der Waals surface area contributed by atoms with Crippen molar-refractivity contribution in [1.29, 1.82) is 0 Å². The van der Waals surface area contributed by atoms with Gasteiger partial charge < -0.3 is 12.9 Å². The number of rotatable bonds is 1. The Hall–Kier alpha value is -0.145. The van der Waals surface area contributed by atoms with Gasteiger partial charge in [-0.1, -0.05) is 44.8 Å². The molecular formula is C10H17BF3-. The summed E-state index contributed by atoms with van der Waals surface area (Å²) in [5.41, 5.74) is -0.0489. The number of hydrogen-bond acceptors (Lipinski definition) is 0. The van der Waals surface area contributed by atoms with Gasteiger partial charge in [-0.3, -0.25) is 0 Å². The first kappa shape index (κ1) is 10.4. The van der Waals surface area contributed by atoms with Gasteiger partial charge in [-0.05, 0) is 17.8 Å². The monoisotopic (exact) mass is 205 g/mol. The van der Waals surface area contributed by atoms with E-state index >= 15 is 0 Å². The molecular weight excluding hydrogens is 188 g/mol. The molecule has 0 nitrogen and oxygen atoms in total. The Kier molecular flexibility index (Phi) is 2.00. The van der Waals surface area contributed by atoms with E-state index in [1.165, 1.54) is 0 Å². The molecule has 0 bridgehead atoms. The van der Waals surface area contributed by atoms with E-state index in [-0.39, 0.29) is 17.3 Å². The lowest BCUT2D eigenvalue weighted by atomic mass is 9.59. The lowest BCUT2D eigenvalue weighted by Crippen LogP contribution is -2.33. The van der Waals surface area contributed by atoms with E-state index < -0.39 is 12.8 Å². The van der Waals surface area contributed by atoms with Crippen molar-refractivity contribution < 1.29 is 12.9 Å². The van der Waals surface area contributed by atoms with Crippen LogP contribution in [0.25, 0.3) is 0 Å². The van der Waals surface area contributed by atoms with Gasteiger partial charge in [-0.25, -0.2) is 0 Å². The fourth-order valence-corrected chi connectivity index (χ4v) is 3.70. The third kappa shape index (κ3) is 1.29. The van der Waals surface area contributed by atoms with Crippen molar-refractivity contribution in [2.24, 2.45) is 23.2 Å². The van der Waals surface area contributed by atoms with E-state index in [1.54, 1.807) is 6.92 Å². The second-order valence-electron chi connectivity index (χ2n) is 5.71. The van der Waals surface area contributed by atoms with Crippen LogP contribution in [0.4, 0.5) is 12.9 Å². The zero-order valence-corrected chi connectivity index (χ0v) is 8.93. The topological polar surface area (TPSA) is 0 Å². The zero-order valence-electron chi connectivity index (χ0n) is 8.93. The molecule has 2 aliphatic carbocycles. The van der Waals surface area contributed by atoms with Gasteiger partial charge >= 0.3 is 6.98 Å². The van der Waals surface area contributed by atoms with Crippen molar-refractivity contribution >= 4 is 6.98 Å². The summed E-state index contributed by atoms with van der Waals surface area (Å²) >= 11 is 0. The molecule has 2 rings (SSSR count). The van der Waals surface area contributed by atoms with Gasteiger partial charge in [0.05, 0.1) is 0 Å². The fraction of sp³-hybridized carbons (Fsp3) is 1.00. The molecule has 2 fully saturated rings. The Morgan fingerprint density at radius 3 is 2.14 bits per heavy atom. The third-order valence-corrected chi connectivity index (χ3v) is 4.58. The van der Waals surface area contributed by atoms with Gasteiger partial charge in [0.15, 0.2) is 0 Å². The molecule has 0 N–H and O–H groups in total. The van der Waals surface area contributed by atoms with Crippen molar-refractivity contribution in [1.82, 2.24) is 0 Å². The predicted octanol–water partition coefficient (Wildman–Crippen LogP) is 3.91. The lowest BCUT2D eigenvalue weighted by molar-refractivity contribution is 0.292. The summed E-state index contributed by atoms with van der Waals surface area (Å²) in [6, 6.07) is 0. The van der Waals surface area contributed by atoms with Crippen LogP contribution in [-0.4, -0.2) is 6.98 Å². The minimum absolute atomic E-state index is 0.0489. The van der Waals surface area contributed by atoms with Crippen LogP contribution < -0.4 is 0 Å². The van der Waals surface area contributed by atoms with Gasteiger partial charge in [0.2, 0.25) is 0 Å². The van der Waals surface area contributed by atoms with Gasteiger partial charge in [0, 0.05) is 0 Å². The standard InChI is InChI=1S/C10H17BF3/c1-6-4-5-7-8(10(7,2)3)9(6)11(12,13)14/h6-9H,4-5H2,1-3H3/q-1/t6-,7+,8+,9+/m0/s1. The molecule has 2 saturated carbocycles. The van der Waals surface area contributed by atoms with Crippen LogP contribution in [0.5, 0.6) is 0 Å². The van der Waals surface area contributed by atoms with Crippen molar-refractivity contribution in [3.63, 3.8) is 0 Å². The second kappa shape index (κ2) is 2.70. The van der Waals surface area contributed by atoms with Crippen LogP contribution in [0.2, 0.25) is 5.82 Å². The molecule has 4 atom stereocenters. The molecule has 14 heavy (non-hydrogen) atoms. The SMILES string of the molecule is C[C@H]1CC[C@@H]2[C@H]([C@@H]1[B-](F)(F)F)C2(C)C. The maximum absolute atomic E-state index is 12.9. The molecule has 0 amide bonds. The molecule has 0 unspecified atom stereocenters. The number of halogens is 3. The quantitative estimate of drug-likeness (QED) is 0.569. The maximum atomic E-state index is 12.9. The van der Waals surface area contributed by atoms with Crippen LogP contribution in [0, 0.1) is 23.2 Å². The molecule has 0 radical (unpaired) electrons. The average molecular weight is 205 g/mol. The number of fused-ring (bicyclic) bond motifs is 1. The largest absolute Gasteiger partial charge is 0.481 e. The second-order valence-corrected chi connectivity index (χ2v) is 5.71. The van der Waals surface area contributed by atoms with Crippen molar-refractivity contribution in [2.45, 2.75) is 39.4 Å². The number of hydrogen-bond donors (Lipinski definition) is 0. The summed E-state index contributed by atoms with van der Waals surface area (Å²) in [5, 5.41) is 0. The molecule has 2 aliphatic rings. The van der Waals surface area contributed by atoms with Crippen LogP contribution >= 0.6 is 0 Å². The Morgan fingerprint density at radius 2 is 1.71 bits per heavy atom. The smallest absolute Gasteiger partial charge is 0.449 e. The molecule has 0 heterocycles. The Balaban J connectivity index is 2.22. The molecule has 4 heteroatoms. The van der Waals surface area contributed by atoms with Gasteiger partial charge in [-0.2, -0.15) is 0 Å².